The molecule has 1 saturated heterocycles. The number of hydrogen-bond donors (Lipinski definition) is 2. The third-order valence-corrected chi connectivity index (χ3v) is 6.73. The van der Waals surface area contributed by atoms with Crippen molar-refractivity contribution < 1.29 is 9.59 Å². The van der Waals surface area contributed by atoms with Crippen molar-refractivity contribution in [3.05, 3.63) is 76.2 Å². The number of amides is 2. The predicted molar refractivity (Wildman–Crippen MR) is 133 cm³/mol. The number of carbonyl (C=O) groups is 2. The lowest BCUT2D eigenvalue weighted by molar-refractivity contribution is -0.115. The molecule has 0 bridgehead atoms. The zero-order chi connectivity index (χ0) is 23.0. The minimum atomic E-state index is -0.236. The molecule has 0 unspecified atom stereocenters. The Morgan fingerprint density at radius 2 is 1.76 bits per heavy atom. The quantitative estimate of drug-likeness (QED) is 0.537. The van der Waals surface area contributed by atoms with Crippen LogP contribution in [0.3, 0.4) is 0 Å². The van der Waals surface area contributed by atoms with Crippen LogP contribution in [0.15, 0.2) is 60.9 Å². The van der Waals surface area contributed by atoms with Crippen LogP contribution in [0.1, 0.15) is 20.1 Å². The summed E-state index contributed by atoms with van der Waals surface area (Å²) in [5.41, 5.74) is 3.09. The van der Waals surface area contributed by atoms with Crippen LogP contribution in [-0.2, 0) is 11.2 Å². The molecular weight excluding hydrogens is 434 g/mol. The summed E-state index contributed by atoms with van der Waals surface area (Å²) >= 11 is 1.42. The zero-order valence-electron chi connectivity index (χ0n) is 18.8. The Morgan fingerprint density at radius 1 is 1.00 bits per heavy atom. The first kappa shape index (κ1) is 22.9. The summed E-state index contributed by atoms with van der Waals surface area (Å²) in [4.78, 5) is 35.3. The first-order valence-corrected chi connectivity index (χ1v) is 12.0. The van der Waals surface area contributed by atoms with Gasteiger partial charge in [0.1, 0.15) is 0 Å². The Hall–Kier alpha value is -3.23. The van der Waals surface area contributed by atoms with Crippen LogP contribution in [0.25, 0.3) is 0 Å². The van der Waals surface area contributed by atoms with Gasteiger partial charge in [0.2, 0.25) is 5.91 Å². The van der Waals surface area contributed by atoms with Gasteiger partial charge in [0, 0.05) is 50.0 Å². The fourth-order valence-electron chi connectivity index (χ4n) is 3.90. The highest BCUT2D eigenvalue weighted by Crippen LogP contribution is 2.26. The monoisotopic (exact) mass is 463 g/mol. The van der Waals surface area contributed by atoms with E-state index in [1.807, 2.05) is 49.6 Å². The number of anilines is 2. The summed E-state index contributed by atoms with van der Waals surface area (Å²) in [5.74, 6) is -0.459. The lowest BCUT2D eigenvalue weighted by atomic mass is 10.1. The van der Waals surface area contributed by atoms with Crippen molar-refractivity contribution in [1.29, 1.82) is 0 Å². The van der Waals surface area contributed by atoms with Gasteiger partial charge in [-0.05, 0) is 55.3 Å². The minimum Gasteiger partial charge on any atom is -0.367 e. The Balaban J connectivity index is 1.27. The van der Waals surface area contributed by atoms with Crippen LogP contribution in [0.5, 0.6) is 0 Å². The molecule has 3 aromatic rings. The first-order chi connectivity index (χ1) is 16.1. The van der Waals surface area contributed by atoms with Crippen molar-refractivity contribution in [2.45, 2.75) is 13.3 Å². The number of piperazine rings is 1. The molecule has 0 aliphatic carbocycles. The molecule has 172 valence electrons. The molecule has 2 aromatic heterocycles. The predicted octanol–water partition coefficient (Wildman–Crippen LogP) is 3.18. The van der Waals surface area contributed by atoms with Crippen molar-refractivity contribution in [3.63, 3.8) is 0 Å². The Kier molecular flexibility index (Phi) is 7.70. The summed E-state index contributed by atoms with van der Waals surface area (Å²) < 4.78 is 0. The third kappa shape index (κ3) is 6.40. The Morgan fingerprint density at radius 3 is 2.48 bits per heavy atom. The average molecular weight is 464 g/mol. The highest BCUT2D eigenvalue weighted by atomic mass is 32.1. The number of rotatable bonds is 8. The van der Waals surface area contributed by atoms with E-state index < -0.39 is 0 Å². The second kappa shape index (κ2) is 11.1. The van der Waals surface area contributed by atoms with Crippen LogP contribution in [0.2, 0.25) is 0 Å². The number of benzene rings is 1. The van der Waals surface area contributed by atoms with Gasteiger partial charge in [-0.2, -0.15) is 0 Å². The van der Waals surface area contributed by atoms with Crippen LogP contribution in [-0.4, -0.2) is 61.0 Å². The van der Waals surface area contributed by atoms with Crippen LogP contribution in [0, 0.1) is 6.92 Å². The van der Waals surface area contributed by atoms with Crippen molar-refractivity contribution in [3.8, 4) is 0 Å². The second-order valence-corrected chi connectivity index (χ2v) is 9.38. The maximum Gasteiger partial charge on any atom is 0.261 e. The minimum absolute atomic E-state index is 0.0626. The molecule has 3 heterocycles. The highest BCUT2D eigenvalue weighted by Gasteiger charge is 2.20. The number of para-hydroxylation sites is 2. The molecule has 0 radical (unpaired) electrons. The molecule has 0 atom stereocenters. The van der Waals surface area contributed by atoms with Gasteiger partial charge in [0.25, 0.3) is 5.91 Å². The number of aromatic nitrogens is 1. The third-order valence-electron chi connectivity index (χ3n) is 5.73. The fraction of sp³-hybridized carbons (Fsp3) is 0.320. The lowest BCUT2D eigenvalue weighted by Crippen LogP contribution is -2.47. The van der Waals surface area contributed by atoms with Gasteiger partial charge in [-0.1, -0.05) is 12.1 Å². The van der Waals surface area contributed by atoms with Crippen molar-refractivity contribution in [2.75, 3.05) is 49.5 Å². The first-order valence-electron chi connectivity index (χ1n) is 11.2. The molecule has 4 rings (SSSR count). The van der Waals surface area contributed by atoms with Gasteiger partial charge >= 0.3 is 0 Å². The van der Waals surface area contributed by atoms with Gasteiger partial charge in [0.15, 0.2) is 0 Å². The number of pyridine rings is 1. The van der Waals surface area contributed by atoms with Gasteiger partial charge < -0.3 is 15.5 Å². The van der Waals surface area contributed by atoms with Crippen molar-refractivity contribution in [2.24, 2.45) is 0 Å². The molecule has 1 aliphatic heterocycles. The maximum absolute atomic E-state index is 12.5. The molecule has 1 aromatic carbocycles. The number of nitrogens with zero attached hydrogens (tertiary/aromatic N) is 3. The van der Waals surface area contributed by atoms with Gasteiger partial charge in [-0.25, -0.2) is 0 Å². The van der Waals surface area contributed by atoms with E-state index in [0.29, 0.717) is 4.88 Å². The number of thiophene rings is 1. The van der Waals surface area contributed by atoms with E-state index in [9.17, 15) is 9.59 Å². The van der Waals surface area contributed by atoms with Gasteiger partial charge in [-0.15, -0.1) is 11.3 Å². The molecule has 1 aliphatic rings. The Labute approximate surface area is 198 Å². The Bertz CT molecular complexity index is 1080. The van der Waals surface area contributed by atoms with E-state index >= 15 is 0 Å². The van der Waals surface area contributed by atoms with Crippen LogP contribution >= 0.6 is 11.3 Å². The summed E-state index contributed by atoms with van der Waals surface area (Å²) in [6, 6.07) is 15.7. The molecule has 0 spiro atoms. The number of hydrogen-bond acceptors (Lipinski definition) is 6. The fourth-order valence-corrected chi connectivity index (χ4v) is 4.69. The smallest absolute Gasteiger partial charge is 0.261 e. The molecule has 2 N–H and O–H groups in total. The lowest BCUT2D eigenvalue weighted by Gasteiger charge is -2.37. The molecule has 33 heavy (non-hydrogen) atoms. The van der Waals surface area contributed by atoms with E-state index in [0.717, 1.165) is 55.4 Å². The standard InChI is InChI=1S/C25H29N5O2S/c1-19-6-7-23(33-19)25(32)27-18-24(31)28-21-4-2-3-5-22(21)30-16-14-29(15-17-30)13-10-20-8-11-26-12-9-20/h2-9,11-12H,10,13-18H2,1H3,(H,27,32)(H,28,31). The largest absolute Gasteiger partial charge is 0.367 e. The van der Waals surface area contributed by atoms with E-state index in [1.54, 1.807) is 6.07 Å². The van der Waals surface area contributed by atoms with E-state index in [1.165, 1.54) is 16.9 Å². The normalized spacial score (nSPS) is 14.2. The number of nitrogens with one attached hydrogen (secondary N) is 2. The molecule has 1 fully saturated rings. The zero-order valence-corrected chi connectivity index (χ0v) is 19.6. The summed E-state index contributed by atoms with van der Waals surface area (Å²) in [6.45, 7) is 6.67. The molecule has 7 nitrogen and oxygen atoms in total. The summed E-state index contributed by atoms with van der Waals surface area (Å²) in [7, 11) is 0. The second-order valence-electron chi connectivity index (χ2n) is 8.09. The molecule has 2 amide bonds. The van der Waals surface area contributed by atoms with Crippen molar-refractivity contribution in [1.82, 2.24) is 15.2 Å². The van der Waals surface area contributed by atoms with E-state index in [-0.39, 0.29) is 18.4 Å². The molecule has 0 saturated carbocycles. The van der Waals surface area contributed by atoms with Gasteiger partial charge in [0.05, 0.1) is 22.8 Å². The van der Waals surface area contributed by atoms with Gasteiger partial charge in [-0.3, -0.25) is 19.5 Å². The van der Waals surface area contributed by atoms with Crippen LogP contribution < -0.4 is 15.5 Å². The molecule has 8 heteroatoms. The van der Waals surface area contributed by atoms with E-state index in [2.05, 4.69) is 37.6 Å². The highest BCUT2D eigenvalue weighted by molar-refractivity contribution is 7.13. The summed E-state index contributed by atoms with van der Waals surface area (Å²) in [5, 5.41) is 5.67. The maximum atomic E-state index is 12.5. The van der Waals surface area contributed by atoms with Crippen molar-refractivity contribution >= 4 is 34.5 Å². The average Bonchev–Trinajstić information content (AvgIpc) is 3.29. The topological polar surface area (TPSA) is 77.6 Å². The number of carbonyl (C=O) groups excluding carboxylic acids is 2. The van der Waals surface area contributed by atoms with Crippen LogP contribution in [0.4, 0.5) is 11.4 Å². The summed E-state index contributed by atoms with van der Waals surface area (Å²) in [6.07, 6.45) is 4.70. The molecular formula is C25H29N5O2S. The SMILES string of the molecule is Cc1ccc(C(=O)NCC(=O)Nc2ccccc2N2CCN(CCc3ccncc3)CC2)s1. The van der Waals surface area contributed by atoms with E-state index in [4.69, 9.17) is 0 Å². The number of aryl methyl sites for hydroxylation is 1.